The molecule has 0 atom stereocenters. The molecule has 1 aromatic carbocycles. The Morgan fingerprint density at radius 3 is 2.69 bits per heavy atom. The summed E-state index contributed by atoms with van der Waals surface area (Å²) >= 11 is 8.57. The molecule has 0 bridgehead atoms. The molecule has 0 saturated carbocycles. The predicted octanol–water partition coefficient (Wildman–Crippen LogP) is 3.19. The van der Waals surface area contributed by atoms with Gasteiger partial charge in [-0.05, 0) is 46.1 Å². The second kappa shape index (κ2) is 4.03. The van der Waals surface area contributed by atoms with Crippen LogP contribution in [0.3, 0.4) is 0 Å². The second-order valence-corrected chi connectivity index (χ2v) is 4.62. The highest BCUT2D eigenvalue weighted by molar-refractivity contribution is 9.10. The average molecular weight is 301 g/mol. The van der Waals surface area contributed by atoms with Crippen molar-refractivity contribution in [3.8, 4) is 0 Å². The van der Waals surface area contributed by atoms with Crippen LogP contribution >= 0.6 is 27.5 Å². The largest absolute Gasteiger partial charge is 0.359 e. The van der Waals surface area contributed by atoms with Gasteiger partial charge in [0.05, 0.1) is 11.1 Å². The molecule has 2 aromatic rings. The summed E-state index contributed by atoms with van der Waals surface area (Å²) in [6.07, 6.45) is 1.50. The number of halogens is 2. The molecule has 0 saturated heterocycles. The minimum absolute atomic E-state index is 0.314. The Balaban J connectivity index is 2.78. The van der Waals surface area contributed by atoms with Crippen LogP contribution in [0.2, 0.25) is 0 Å². The van der Waals surface area contributed by atoms with Gasteiger partial charge in [0.15, 0.2) is 0 Å². The first-order valence-corrected chi connectivity index (χ1v) is 5.70. The lowest BCUT2D eigenvalue weighted by atomic mass is 10.1. The summed E-state index contributed by atoms with van der Waals surface area (Å²) in [6, 6.07) is 3.75. The van der Waals surface area contributed by atoms with Gasteiger partial charge in [0.25, 0.3) is 5.24 Å². The summed E-state index contributed by atoms with van der Waals surface area (Å²) in [5, 5.41) is -0.242. The SMILES string of the molecule is Cc1ccc(Br)c2[nH]cc(C(=O)C(=O)Cl)c12. The molecule has 82 valence electrons. The van der Waals surface area contributed by atoms with Gasteiger partial charge in [-0.15, -0.1) is 0 Å². The van der Waals surface area contributed by atoms with Crippen molar-refractivity contribution in [3.05, 3.63) is 33.9 Å². The number of benzene rings is 1. The number of fused-ring (bicyclic) bond motifs is 1. The maximum Gasteiger partial charge on any atom is 0.293 e. The van der Waals surface area contributed by atoms with Crippen LogP contribution in [-0.2, 0) is 4.79 Å². The van der Waals surface area contributed by atoms with E-state index < -0.39 is 11.0 Å². The fourth-order valence-corrected chi connectivity index (χ4v) is 2.22. The molecular formula is C11H7BrClNO2. The van der Waals surface area contributed by atoms with Gasteiger partial charge in [0.2, 0.25) is 5.78 Å². The molecule has 0 unspecified atom stereocenters. The Hall–Kier alpha value is -1.13. The summed E-state index contributed by atoms with van der Waals surface area (Å²) in [6.45, 7) is 1.87. The number of H-pyrrole nitrogens is 1. The molecule has 3 nitrogen and oxygen atoms in total. The van der Waals surface area contributed by atoms with Crippen LogP contribution in [0.15, 0.2) is 22.8 Å². The van der Waals surface area contributed by atoms with E-state index in [0.717, 1.165) is 20.9 Å². The number of carbonyl (C=O) groups is 2. The molecule has 5 heteroatoms. The minimum atomic E-state index is -0.972. The fourth-order valence-electron chi connectivity index (χ4n) is 1.67. The first-order chi connectivity index (χ1) is 7.52. The second-order valence-electron chi connectivity index (χ2n) is 3.42. The van der Waals surface area contributed by atoms with Gasteiger partial charge >= 0.3 is 0 Å². The van der Waals surface area contributed by atoms with Gasteiger partial charge in [-0.3, -0.25) is 9.59 Å². The molecule has 0 aliphatic rings. The third kappa shape index (κ3) is 1.68. The molecule has 0 fully saturated rings. The van der Waals surface area contributed by atoms with E-state index in [0.29, 0.717) is 5.56 Å². The Morgan fingerprint density at radius 2 is 2.06 bits per heavy atom. The topological polar surface area (TPSA) is 49.9 Å². The van der Waals surface area contributed by atoms with E-state index in [1.54, 1.807) is 0 Å². The van der Waals surface area contributed by atoms with Crippen molar-refractivity contribution in [3.63, 3.8) is 0 Å². The molecule has 0 amide bonds. The van der Waals surface area contributed by atoms with Crippen LogP contribution in [0.5, 0.6) is 0 Å². The molecule has 0 spiro atoms. The number of aromatic amines is 1. The minimum Gasteiger partial charge on any atom is -0.359 e. The molecule has 1 aromatic heterocycles. The number of carbonyl (C=O) groups excluding carboxylic acids is 2. The van der Waals surface area contributed by atoms with Crippen LogP contribution in [0.4, 0.5) is 0 Å². The van der Waals surface area contributed by atoms with Gasteiger partial charge in [-0.1, -0.05) is 6.07 Å². The highest BCUT2D eigenvalue weighted by atomic mass is 79.9. The Labute approximate surface area is 105 Å². The molecule has 0 aliphatic carbocycles. The number of ketones is 1. The van der Waals surface area contributed by atoms with Crippen LogP contribution < -0.4 is 0 Å². The summed E-state index contributed by atoms with van der Waals surface area (Å²) < 4.78 is 0.842. The number of hydrogen-bond donors (Lipinski definition) is 1. The van der Waals surface area contributed by atoms with E-state index in [-0.39, 0.29) is 0 Å². The van der Waals surface area contributed by atoms with Crippen molar-refractivity contribution in [2.24, 2.45) is 0 Å². The molecule has 1 N–H and O–H groups in total. The van der Waals surface area contributed by atoms with Gasteiger partial charge in [0.1, 0.15) is 0 Å². The van der Waals surface area contributed by atoms with E-state index >= 15 is 0 Å². The summed E-state index contributed by atoms with van der Waals surface area (Å²) in [7, 11) is 0. The average Bonchev–Trinajstić information content (AvgIpc) is 2.67. The maximum absolute atomic E-state index is 11.6. The Morgan fingerprint density at radius 1 is 1.38 bits per heavy atom. The maximum atomic E-state index is 11.6. The summed E-state index contributed by atoms with van der Waals surface area (Å²) in [4.78, 5) is 25.4. The van der Waals surface area contributed by atoms with Crippen molar-refractivity contribution in [1.29, 1.82) is 0 Å². The van der Waals surface area contributed by atoms with Gasteiger partial charge in [-0.2, -0.15) is 0 Å². The zero-order valence-corrected chi connectivity index (χ0v) is 10.6. The number of hydrogen-bond acceptors (Lipinski definition) is 2. The molecule has 16 heavy (non-hydrogen) atoms. The first-order valence-electron chi connectivity index (χ1n) is 4.52. The quantitative estimate of drug-likeness (QED) is 0.526. The van der Waals surface area contributed by atoms with Gasteiger partial charge in [-0.25, -0.2) is 0 Å². The third-order valence-corrected chi connectivity index (χ3v) is 3.25. The predicted molar refractivity (Wildman–Crippen MR) is 65.9 cm³/mol. The van der Waals surface area contributed by atoms with Crippen LogP contribution in [0.25, 0.3) is 10.9 Å². The number of aryl methyl sites for hydroxylation is 1. The normalized spacial score (nSPS) is 10.7. The lowest BCUT2D eigenvalue weighted by Gasteiger charge is -2.00. The van der Waals surface area contributed by atoms with E-state index in [1.165, 1.54) is 6.20 Å². The van der Waals surface area contributed by atoms with Crippen molar-refractivity contribution >= 4 is 49.5 Å². The van der Waals surface area contributed by atoms with Crippen molar-refractivity contribution < 1.29 is 9.59 Å². The summed E-state index contributed by atoms with van der Waals surface area (Å²) in [5.74, 6) is -0.686. The Bertz CT molecular complexity index is 603. The third-order valence-electron chi connectivity index (χ3n) is 2.42. The van der Waals surface area contributed by atoms with Crippen molar-refractivity contribution in [1.82, 2.24) is 4.98 Å². The van der Waals surface area contributed by atoms with E-state index in [1.807, 2.05) is 19.1 Å². The van der Waals surface area contributed by atoms with E-state index in [4.69, 9.17) is 11.6 Å². The van der Waals surface area contributed by atoms with Crippen molar-refractivity contribution in [2.45, 2.75) is 6.92 Å². The van der Waals surface area contributed by atoms with Crippen LogP contribution in [-0.4, -0.2) is 16.0 Å². The molecule has 0 radical (unpaired) electrons. The molecule has 2 rings (SSSR count). The highest BCUT2D eigenvalue weighted by Gasteiger charge is 2.19. The van der Waals surface area contributed by atoms with E-state index in [9.17, 15) is 9.59 Å². The number of rotatable bonds is 2. The molecule has 0 aliphatic heterocycles. The van der Waals surface area contributed by atoms with Gasteiger partial charge in [0, 0.05) is 16.1 Å². The standard InChI is InChI=1S/C11H7BrClNO2/c1-5-2-3-7(12)9-8(5)6(4-14-9)10(15)11(13)16/h2-4,14H,1H3. The lowest BCUT2D eigenvalue weighted by Crippen LogP contribution is -2.06. The zero-order chi connectivity index (χ0) is 11.9. The van der Waals surface area contributed by atoms with E-state index in [2.05, 4.69) is 20.9 Å². The number of Topliss-reactive ketones (excluding diaryl/α,β-unsaturated/α-hetero) is 1. The smallest absolute Gasteiger partial charge is 0.293 e. The van der Waals surface area contributed by atoms with Gasteiger partial charge < -0.3 is 4.98 Å². The molecular weight excluding hydrogens is 293 g/mol. The Kier molecular flexibility index (Phi) is 2.86. The summed E-state index contributed by atoms with van der Waals surface area (Å²) in [5.41, 5.74) is 2.02. The van der Waals surface area contributed by atoms with Crippen LogP contribution in [0, 0.1) is 6.92 Å². The number of aromatic nitrogens is 1. The first kappa shape index (κ1) is 11.4. The van der Waals surface area contributed by atoms with Crippen molar-refractivity contribution in [2.75, 3.05) is 0 Å². The van der Waals surface area contributed by atoms with Crippen LogP contribution in [0.1, 0.15) is 15.9 Å². The highest BCUT2D eigenvalue weighted by Crippen LogP contribution is 2.29. The molecule has 1 heterocycles. The monoisotopic (exact) mass is 299 g/mol. The zero-order valence-electron chi connectivity index (χ0n) is 8.30. The lowest BCUT2D eigenvalue weighted by molar-refractivity contribution is -0.108. The number of nitrogens with one attached hydrogen (secondary N) is 1. The fraction of sp³-hybridized carbons (Fsp3) is 0.0909.